The van der Waals surface area contributed by atoms with Crippen LogP contribution in [0.1, 0.15) is 35.3 Å². The SMILES string of the molecule is Cc1ccc(C(=O)NOCC(C)(C)O)c(C)c1. The minimum absolute atomic E-state index is 0.0453. The first-order valence-electron chi connectivity index (χ1n) is 5.51. The number of nitrogens with one attached hydrogen (secondary N) is 1. The lowest BCUT2D eigenvalue weighted by molar-refractivity contribution is -0.0522. The van der Waals surface area contributed by atoms with Gasteiger partial charge in [-0.3, -0.25) is 9.63 Å². The average molecular weight is 237 g/mol. The van der Waals surface area contributed by atoms with Crippen molar-refractivity contribution < 1.29 is 14.7 Å². The second kappa shape index (κ2) is 5.29. The van der Waals surface area contributed by atoms with Gasteiger partial charge in [-0.15, -0.1) is 0 Å². The molecule has 2 N–H and O–H groups in total. The van der Waals surface area contributed by atoms with Gasteiger partial charge in [-0.05, 0) is 39.3 Å². The highest BCUT2D eigenvalue weighted by molar-refractivity contribution is 5.94. The minimum Gasteiger partial charge on any atom is -0.388 e. The zero-order chi connectivity index (χ0) is 13.1. The Hall–Kier alpha value is -1.39. The lowest BCUT2D eigenvalue weighted by atomic mass is 10.1. The van der Waals surface area contributed by atoms with Crippen molar-refractivity contribution in [2.45, 2.75) is 33.3 Å². The first kappa shape index (κ1) is 13.7. The Bertz CT molecular complexity index is 408. The number of aliphatic hydroxyl groups is 1. The number of carbonyl (C=O) groups excluding carboxylic acids is 1. The van der Waals surface area contributed by atoms with Crippen LogP contribution in [0.2, 0.25) is 0 Å². The van der Waals surface area contributed by atoms with Crippen LogP contribution in [-0.4, -0.2) is 23.2 Å². The maximum atomic E-state index is 11.7. The van der Waals surface area contributed by atoms with Crippen LogP contribution >= 0.6 is 0 Å². The largest absolute Gasteiger partial charge is 0.388 e. The summed E-state index contributed by atoms with van der Waals surface area (Å²) < 4.78 is 0. The van der Waals surface area contributed by atoms with Gasteiger partial charge in [0.2, 0.25) is 0 Å². The standard InChI is InChI=1S/C13H19NO3/c1-9-5-6-11(10(2)7-9)12(15)14-17-8-13(3,4)16/h5-7,16H,8H2,1-4H3,(H,14,15). The van der Waals surface area contributed by atoms with E-state index in [2.05, 4.69) is 5.48 Å². The molecular weight excluding hydrogens is 218 g/mol. The normalized spacial score (nSPS) is 11.4. The summed E-state index contributed by atoms with van der Waals surface area (Å²) in [5.74, 6) is -0.299. The van der Waals surface area contributed by atoms with Crippen LogP contribution < -0.4 is 5.48 Å². The van der Waals surface area contributed by atoms with Gasteiger partial charge in [0, 0.05) is 5.56 Å². The molecule has 0 bridgehead atoms. The molecule has 4 nitrogen and oxygen atoms in total. The van der Waals surface area contributed by atoms with Gasteiger partial charge >= 0.3 is 0 Å². The molecule has 0 fully saturated rings. The fraction of sp³-hybridized carbons (Fsp3) is 0.462. The fourth-order valence-electron chi connectivity index (χ4n) is 1.40. The molecule has 4 heteroatoms. The number of aryl methyl sites for hydroxylation is 2. The van der Waals surface area contributed by atoms with Crippen molar-refractivity contribution in [1.82, 2.24) is 5.48 Å². The van der Waals surface area contributed by atoms with E-state index in [-0.39, 0.29) is 12.5 Å². The third-order valence-corrected chi connectivity index (χ3v) is 2.22. The highest BCUT2D eigenvalue weighted by atomic mass is 16.7. The number of benzene rings is 1. The van der Waals surface area contributed by atoms with Crippen LogP contribution in [0.5, 0.6) is 0 Å². The number of carbonyl (C=O) groups is 1. The molecule has 0 spiro atoms. The van der Waals surface area contributed by atoms with Gasteiger partial charge in [-0.25, -0.2) is 5.48 Å². The molecule has 0 aliphatic carbocycles. The van der Waals surface area contributed by atoms with Crippen LogP contribution in [0.25, 0.3) is 0 Å². The predicted molar refractivity (Wildman–Crippen MR) is 65.6 cm³/mol. The van der Waals surface area contributed by atoms with Crippen molar-refractivity contribution in [3.8, 4) is 0 Å². The lowest BCUT2D eigenvalue weighted by Crippen LogP contribution is -2.33. The number of amides is 1. The minimum atomic E-state index is -0.963. The summed E-state index contributed by atoms with van der Waals surface area (Å²) in [7, 11) is 0. The second-order valence-electron chi connectivity index (χ2n) is 4.85. The van der Waals surface area contributed by atoms with Crippen LogP contribution in [0.4, 0.5) is 0 Å². The lowest BCUT2D eigenvalue weighted by Gasteiger charge is -2.17. The number of hydrogen-bond donors (Lipinski definition) is 2. The number of hydroxylamine groups is 1. The van der Waals surface area contributed by atoms with Crippen LogP contribution in [0.3, 0.4) is 0 Å². The quantitative estimate of drug-likeness (QED) is 0.784. The van der Waals surface area contributed by atoms with Gasteiger partial charge in [0.15, 0.2) is 0 Å². The summed E-state index contributed by atoms with van der Waals surface area (Å²) in [6.45, 7) is 7.10. The van der Waals surface area contributed by atoms with E-state index in [0.717, 1.165) is 11.1 Å². The van der Waals surface area contributed by atoms with E-state index >= 15 is 0 Å². The molecule has 1 amide bonds. The molecule has 0 saturated carbocycles. The Morgan fingerprint density at radius 3 is 2.59 bits per heavy atom. The van der Waals surface area contributed by atoms with Crippen molar-refractivity contribution in [1.29, 1.82) is 0 Å². The highest BCUT2D eigenvalue weighted by Crippen LogP contribution is 2.10. The van der Waals surface area contributed by atoms with Crippen molar-refractivity contribution in [3.05, 3.63) is 34.9 Å². The third kappa shape index (κ3) is 4.54. The van der Waals surface area contributed by atoms with Crippen molar-refractivity contribution in [3.63, 3.8) is 0 Å². The molecule has 0 radical (unpaired) electrons. The van der Waals surface area contributed by atoms with E-state index < -0.39 is 5.60 Å². The molecule has 1 aromatic rings. The van der Waals surface area contributed by atoms with Gasteiger partial charge in [-0.2, -0.15) is 0 Å². The van der Waals surface area contributed by atoms with Crippen LogP contribution in [0, 0.1) is 13.8 Å². The van der Waals surface area contributed by atoms with E-state index in [4.69, 9.17) is 4.84 Å². The Kier molecular flexibility index (Phi) is 4.26. The first-order valence-corrected chi connectivity index (χ1v) is 5.51. The van der Waals surface area contributed by atoms with Gasteiger partial charge in [0.1, 0.15) is 6.61 Å². The summed E-state index contributed by atoms with van der Waals surface area (Å²) in [5, 5.41) is 9.42. The topological polar surface area (TPSA) is 58.6 Å². The summed E-state index contributed by atoms with van der Waals surface area (Å²) >= 11 is 0. The highest BCUT2D eigenvalue weighted by Gasteiger charge is 2.14. The molecule has 0 aromatic heterocycles. The second-order valence-corrected chi connectivity index (χ2v) is 4.85. The van der Waals surface area contributed by atoms with Gasteiger partial charge in [0.05, 0.1) is 5.60 Å². The van der Waals surface area contributed by atoms with E-state index in [1.165, 1.54) is 0 Å². The Morgan fingerprint density at radius 2 is 2.06 bits per heavy atom. The molecule has 1 aromatic carbocycles. The van der Waals surface area contributed by atoms with Gasteiger partial charge in [0.25, 0.3) is 5.91 Å². The predicted octanol–water partition coefficient (Wildman–Crippen LogP) is 1.74. The maximum Gasteiger partial charge on any atom is 0.275 e. The molecule has 0 aliphatic heterocycles. The Labute approximate surface area is 102 Å². The van der Waals surface area contributed by atoms with Crippen LogP contribution in [0.15, 0.2) is 18.2 Å². The summed E-state index contributed by atoms with van der Waals surface area (Å²) in [5.41, 5.74) is 3.93. The molecule has 1 rings (SSSR count). The van der Waals surface area contributed by atoms with Crippen molar-refractivity contribution in [2.75, 3.05) is 6.61 Å². The summed E-state index contributed by atoms with van der Waals surface area (Å²) in [6, 6.07) is 5.57. The van der Waals surface area contributed by atoms with E-state index in [9.17, 15) is 9.90 Å². The fourth-order valence-corrected chi connectivity index (χ4v) is 1.40. The average Bonchev–Trinajstić information content (AvgIpc) is 2.15. The molecule has 17 heavy (non-hydrogen) atoms. The van der Waals surface area contributed by atoms with Gasteiger partial charge in [-0.1, -0.05) is 17.7 Å². The number of rotatable bonds is 4. The molecule has 0 atom stereocenters. The molecule has 0 unspecified atom stereocenters. The van der Waals surface area contributed by atoms with Crippen molar-refractivity contribution in [2.24, 2.45) is 0 Å². The zero-order valence-electron chi connectivity index (χ0n) is 10.7. The maximum absolute atomic E-state index is 11.7. The monoisotopic (exact) mass is 237 g/mol. The smallest absolute Gasteiger partial charge is 0.275 e. The van der Waals surface area contributed by atoms with E-state index in [0.29, 0.717) is 5.56 Å². The third-order valence-electron chi connectivity index (χ3n) is 2.22. The molecule has 0 heterocycles. The van der Waals surface area contributed by atoms with Crippen molar-refractivity contribution >= 4 is 5.91 Å². The summed E-state index contributed by atoms with van der Waals surface area (Å²) in [4.78, 5) is 16.7. The molecular formula is C13H19NO3. The first-order chi connectivity index (χ1) is 7.79. The summed E-state index contributed by atoms with van der Waals surface area (Å²) in [6.07, 6.45) is 0. The van der Waals surface area contributed by atoms with Crippen LogP contribution in [-0.2, 0) is 4.84 Å². The van der Waals surface area contributed by atoms with E-state index in [1.807, 2.05) is 26.0 Å². The molecule has 0 aliphatic rings. The Morgan fingerprint density at radius 1 is 1.41 bits per heavy atom. The molecule has 94 valence electrons. The van der Waals surface area contributed by atoms with E-state index in [1.54, 1.807) is 19.9 Å². The molecule has 0 saturated heterocycles. The Balaban J connectivity index is 2.59. The number of hydrogen-bond acceptors (Lipinski definition) is 3. The zero-order valence-corrected chi connectivity index (χ0v) is 10.7. The van der Waals surface area contributed by atoms with Gasteiger partial charge < -0.3 is 5.11 Å².